The number of amides is 3. The van der Waals surface area contributed by atoms with E-state index in [1.807, 2.05) is 36.4 Å². The van der Waals surface area contributed by atoms with Crippen LogP contribution in [0.25, 0.3) is 0 Å². The van der Waals surface area contributed by atoms with Crippen molar-refractivity contribution in [1.82, 2.24) is 9.80 Å². The van der Waals surface area contributed by atoms with Gasteiger partial charge in [-0.05, 0) is 62.4 Å². The molecule has 36 heavy (non-hydrogen) atoms. The molecule has 3 aliphatic heterocycles. The van der Waals surface area contributed by atoms with Crippen molar-refractivity contribution >= 4 is 29.4 Å². The fourth-order valence-electron chi connectivity index (χ4n) is 5.55. The van der Waals surface area contributed by atoms with E-state index < -0.39 is 6.04 Å². The molecule has 0 spiro atoms. The summed E-state index contributed by atoms with van der Waals surface area (Å²) < 4.78 is 5.16. The molecular weight excluding hydrogens is 458 g/mol. The van der Waals surface area contributed by atoms with E-state index in [2.05, 4.69) is 0 Å². The molecule has 0 radical (unpaired) electrons. The van der Waals surface area contributed by atoms with Crippen molar-refractivity contribution in [3.05, 3.63) is 65.2 Å². The van der Waals surface area contributed by atoms with Crippen LogP contribution in [0.4, 0.5) is 5.69 Å². The van der Waals surface area contributed by atoms with Crippen LogP contribution >= 0.6 is 0 Å². The molecule has 3 aliphatic rings. The Balaban J connectivity index is 1.38. The van der Waals surface area contributed by atoms with Crippen LogP contribution in [0.2, 0.25) is 0 Å². The number of hydrogen-bond donors (Lipinski definition) is 0. The number of rotatable bonds is 5. The van der Waals surface area contributed by atoms with E-state index in [9.17, 15) is 19.2 Å². The second-order valence-corrected chi connectivity index (χ2v) is 9.64. The molecule has 0 bridgehead atoms. The molecule has 0 saturated carbocycles. The number of anilines is 1. The minimum Gasteiger partial charge on any atom is -0.466 e. The molecule has 8 heteroatoms. The van der Waals surface area contributed by atoms with Crippen LogP contribution in [0, 0.1) is 5.92 Å². The van der Waals surface area contributed by atoms with Gasteiger partial charge in [-0.25, -0.2) is 0 Å². The maximum absolute atomic E-state index is 13.6. The quantitative estimate of drug-likeness (QED) is 0.602. The Hall–Kier alpha value is -3.68. The number of likely N-dealkylation sites (tertiary alicyclic amines) is 1. The van der Waals surface area contributed by atoms with Crippen LogP contribution in [0.3, 0.4) is 0 Å². The number of hydrogen-bond acceptors (Lipinski definition) is 5. The summed E-state index contributed by atoms with van der Waals surface area (Å²) in [5, 5.41) is 0. The van der Waals surface area contributed by atoms with Crippen molar-refractivity contribution < 1.29 is 23.9 Å². The molecule has 8 nitrogen and oxygen atoms in total. The molecule has 0 aromatic heterocycles. The zero-order chi connectivity index (χ0) is 25.2. The third-order valence-electron chi connectivity index (χ3n) is 7.33. The van der Waals surface area contributed by atoms with Crippen LogP contribution in [0.15, 0.2) is 48.5 Å². The highest BCUT2D eigenvalue weighted by atomic mass is 16.5. The summed E-state index contributed by atoms with van der Waals surface area (Å²) in [6.45, 7) is 3.90. The Morgan fingerprint density at radius 2 is 1.81 bits per heavy atom. The molecular formula is C28H31N3O5. The van der Waals surface area contributed by atoms with Gasteiger partial charge in [0.1, 0.15) is 6.04 Å². The number of nitrogens with zero attached hydrogens (tertiary/aromatic N) is 3. The molecule has 2 aromatic rings. The first-order valence-corrected chi connectivity index (χ1v) is 12.7. The second kappa shape index (κ2) is 10.1. The Bertz CT molecular complexity index is 1200. The summed E-state index contributed by atoms with van der Waals surface area (Å²) in [5.41, 5.74) is 2.46. The fourth-order valence-corrected chi connectivity index (χ4v) is 5.55. The Labute approximate surface area is 210 Å². The molecule has 0 unspecified atom stereocenters. The van der Waals surface area contributed by atoms with Crippen molar-refractivity contribution in [3.63, 3.8) is 0 Å². The van der Waals surface area contributed by atoms with Crippen LogP contribution in [0.5, 0.6) is 0 Å². The summed E-state index contributed by atoms with van der Waals surface area (Å²) in [6.07, 6.45) is 2.94. The van der Waals surface area contributed by atoms with Gasteiger partial charge in [0.2, 0.25) is 5.91 Å². The molecule has 3 amide bonds. The van der Waals surface area contributed by atoms with Crippen molar-refractivity contribution in [1.29, 1.82) is 0 Å². The minimum absolute atomic E-state index is 0.0872. The van der Waals surface area contributed by atoms with Crippen molar-refractivity contribution in [2.75, 3.05) is 31.1 Å². The molecule has 2 atom stereocenters. The molecule has 0 N–H and O–H groups in total. The highest BCUT2D eigenvalue weighted by Gasteiger charge is 2.41. The van der Waals surface area contributed by atoms with E-state index >= 15 is 0 Å². The van der Waals surface area contributed by atoms with Gasteiger partial charge >= 0.3 is 5.97 Å². The number of para-hydroxylation sites is 1. The van der Waals surface area contributed by atoms with Crippen molar-refractivity contribution in [3.8, 4) is 0 Å². The van der Waals surface area contributed by atoms with E-state index in [0.29, 0.717) is 49.5 Å². The number of esters is 1. The van der Waals surface area contributed by atoms with Gasteiger partial charge in [-0.15, -0.1) is 0 Å². The number of ether oxygens (including phenoxy) is 1. The highest BCUT2D eigenvalue weighted by molar-refractivity contribution is 6.11. The fraction of sp³-hybridized carbons (Fsp3) is 0.429. The molecule has 3 heterocycles. The van der Waals surface area contributed by atoms with E-state index in [1.54, 1.807) is 33.8 Å². The predicted octanol–water partition coefficient (Wildman–Crippen LogP) is 3.25. The van der Waals surface area contributed by atoms with Crippen LogP contribution in [0.1, 0.15) is 58.9 Å². The van der Waals surface area contributed by atoms with E-state index in [-0.39, 0.29) is 36.2 Å². The van der Waals surface area contributed by atoms with Gasteiger partial charge in [0.15, 0.2) is 0 Å². The average molecular weight is 490 g/mol. The van der Waals surface area contributed by atoms with Gasteiger partial charge in [0.05, 0.1) is 30.3 Å². The first-order valence-electron chi connectivity index (χ1n) is 12.7. The van der Waals surface area contributed by atoms with Gasteiger partial charge in [-0.2, -0.15) is 0 Å². The van der Waals surface area contributed by atoms with Gasteiger partial charge in [-0.1, -0.05) is 24.3 Å². The SMILES string of the molecule is CCOC(=O)[C@@H]1CCCN(C(=O)c2cccc(CN3C(=O)[C@H]4CCCN4C(=O)c4ccccc43)c2)C1. The third-order valence-corrected chi connectivity index (χ3v) is 7.33. The Kier molecular flexibility index (Phi) is 6.76. The highest BCUT2D eigenvalue weighted by Crippen LogP contribution is 2.33. The largest absolute Gasteiger partial charge is 0.466 e. The molecule has 2 fully saturated rings. The number of carbonyl (C=O) groups is 4. The third kappa shape index (κ3) is 4.47. The van der Waals surface area contributed by atoms with E-state index in [1.165, 1.54) is 0 Å². The number of piperidine rings is 1. The predicted molar refractivity (Wildman–Crippen MR) is 133 cm³/mol. The van der Waals surface area contributed by atoms with Gasteiger partial charge < -0.3 is 19.4 Å². The maximum Gasteiger partial charge on any atom is 0.310 e. The summed E-state index contributed by atoms with van der Waals surface area (Å²) >= 11 is 0. The lowest BCUT2D eigenvalue weighted by Crippen LogP contribution is -2.44. The smallest absolute Gasteiger partial charge is 0.310 e. The summed E-state index contributed by atoms with van der Waals surface area (Å²) in [7, 11) is 0. The minimum atomic E-state index is -0.456. The van der Waals surface area contributed by atoms with Gasteiger partial charge in [-0.3, -0.25) is 19.2 Å². The second-order valence-electron chi connectivity index (χ2n) is 9.64. The number of carbonyl (C=O) groups excluding carboxylic acids is 4. The van der Waals surface area contributed by atoms with Crippen LogP contribution in [-0.2, 0) is 20.9 Å². The normalized spacial score (nSPS) is 21.6. The summed E-state index contributed by atoms with van der Waals surface area (Å²) in [4.78, 5) is 57.4. The maximum atomic E-state index is 13.6. The lowest BCUT2D eigenvalue weighted by Gasteiger charge is -2.31. The number of fused-ring (bicyclic) bond motifs is 2. The van der Waals surface area contributed by atoms with Gasteiger partial charge in [0.25, 0.3) is 11.8 Å². The zero-order valence-electron chi connectivity index (χ0n) is 20.5. The Morgan fingerprint density at radius 3 is 2.64 bits per heavy atom. The van der Waals surface area contributed by atoms with Crippen LogP contribution in [-0.4, -0.2) is 65.8 Å². The lowest BCUT2D eigenvalue weighted by atomic mass is 9.97. The molecule has 5 rings (SSSR count). The monoisotopic (exact) mass is 489 g/mol. The Morgan fingerprint density at radius 1 is 1.00 bits per heavy atom. The molecule has 188 valence electrons. The average Bonchev–Trinajstić information content (AvgIpc) is 3.38. The topological polar surface area (TPSA) is 87.2 Å². The summed E-state index contributed by atoms with van der Waals surface area (Å²) in [6, 6.07) is 14.1. The first kappa shape index (κ1) is 24.0. The number of benzene rings is 2. The zero-order valence-corrected chi connectivity index (χ0v) is 20.5. The summed E-state index contributed by atoms with van der Waals surface area (Å²) in [5.74, 6) is -0.878. The van der Waals surface area contributed by atoms with E-state index in [0.717, 1.165) is 24.8 Å². The van der Waals surface area contributed by atoms with Gasteiger partial charge in [0, 0.05) is 25.2 Å². The first-order chi connectivity index (χ1) is 17.5. The van der Waals surface area contributed by atoms with Crippen molar-refractivity contribution in [2.24, 2.45) is 5.92 Å². The lowest BCUT2D eigenvalue weighted by molar-refractivity contribution is -0.149. The molecule has 2 aromatic carbocycles. The molecule has 2 saturated heterocycles. The van der Waals surface area contributed by atoms with E-state index in [4.69, 9.17) is 4.74 Å². The van der Waals surface area contributed by atoms with Crippen LogP contribution < -0.4 is 4.90 Å². The standard InChI is InChI=1S/C28H31N3O5/c1-2-36-28(35)21-10-6-14-29(18-21)25(32)20-9-5-8-19(16-20)17-31-23-12-4-3-11-22(23)26(33)30-15-7-13-24(30)27(31)34/h3-5,8-9,11-12,16,21,24H,2,6-7,10,13-15,17-18H2,1H3/t21-,24-/m1/s1. The van der Waals surface area contributed by atoms with Crippen molar-refractivity contribution in [2.45, 2.75) is 45.2 Å². The molecule has 0 aliphatic carbocycles.